The van der Waals surface area contributed by atoms with Gasteiger partial charge in [0.25, 0.3) is 5.91 Å². The monoisotopic (exact) mass is 398 g/mol. The molecule has 1 saturated heterocycles. The molecule has 2 aromatic rings. The Kier molecular flexibility index (Phi) is 5.92. The third kappa shape index (κ3) is 5.14. The van der Waals surface area contributed by atoms with Crippen LogP contribution in [0.2, 0.25) is 5.02 Å². The number of alkyl halides is 3. The molecule has 4 nitrogen and oxygen atoms in total. The highest BCUT2D eigenvalue weighted by molar-refractivity contribution is 6.33. The van der Waals surface area contributed by atoms with Crippen molar-refractivity contribution in [3.63, 3.8) is 0 Å². The Morgan fingerprint density at radius 1 is 1.11 bits per heavy atom. The topological polar surface area (TPSA) is 36.8 Å². The number of para-hydroxylation sites is 1. The van der Waals surface area contributed by atoms with Crippen LogP contribution in [0.15, 0.2) is 48.5 Å². The van der Waals surface area contributed by atoms with Crippen molar-refractivity contribution in [2.24, 2.45) is 0 Å². The van der Waals surface area contributed by atoms with E-state index >= 15 is 0 Å². The molecule has 0 aromatic heterocycles. The number of nitrogens with one attached hydrogen (secondary N) is 2. The summed E-state index contributed by atoms with van der Waals surface area (Å²) in [5.74, 6) is -0.296. The van der Waals surface area contributed by atoms with E-state index in [1.54, 1.807) is 0 Å². The first kappa shape index (κ1) is 19.5. The van der Waals surface area contributed by atoms with Crippen molar-refractivity contribution in [2.45, 2.75) is 6.18 Å². The molecule has 1 aliphatic heterocycles. The van der Waals surface area contributed by atoms with Gasteiger partial charge in [-0.25, -0.2) is 0 Å². The Morgan fingerprint density at radius 3 is 2.48 bits per heavy atom. The van der Waals surface area contributed by atoms with E-state index in [-0.39, 0.29) is 18.1 Å². The molecule has 0 atom stereocenters. The molecular formula is C19H20ClF3N3O+. The van der Waals surface area contributed by atoms with Gasteiger partial charge in [0.05, 0.1) is 42.5 Å². The maximum Gasteiger partial charge on any atom is 0.416 e. The number of carbonyl (C=O) groups is 1. The van der Waals surface area contributed by atoms with Crippen LogP contribution in [-0.2, 0) is 11.0 Å². The van der Waals surface area contributed by atoms with Gasteiger partial charge in [0.1, 0.15) is 0 Å². The zero-order valence-electron chi connectivity index (χ0n) is 14.5. The van der Waals surface area contributed by atoms with Gasteiger partial charge in [-0.05, 0) is 30.3 Å². The lowest BCUT2D eigenvalue weighted by Crippen LogP contribution is -3.15. The van der Waals surface area contributed by atoms with Crippen LogP contribution in [0.5, 0.6) is 0 Å². The van der Waals surface area contributed by atoms with Gasteiger partial charge in [0.15, 0.2) is 6.54 Å². The van der Waals surface area contributed by atoms with Crippen LogP contribution in [0.4, 0.5) is 24.5 Å². The maximum atomic E-state index is 12.8. The van der Waals surface area contributed by atoms with Gasteiger partial charge in [-0.3, -0.25) is 4.79 Å². The minimum absolute atomic E-state index is 0.156. The molecule has 2 N–H and O–H groups in total. The third-order valence-electron chi connectivity index (χ3n) is 4.55. The number of halogens is 4. The number of amides is 1. The SMILES string of the molecule is O=C(C[NH+]1CCN(c2ccccc2Cl)CC1)Nc1cccc(C(F)(F)F)c1. The Labute approximate surface area is 160 Å². The molecule has 3 rings (SSSR count). The molecule has 2 aromatic carbocycles. The molecule has 0 spiro atoms. The van der Waals surface area contributed by atoms with Crippen molar-refractivity contribution in [2.75, 3.05) is 42.9 Å². The average Bonchev–Trinajstić information content (AvgIpc) is 2.62. The second-order valence-electron chi connectivity index (χ2n) is 6.49. The molecule has 0 unspecified atom stereocenters. The van der Waals surface area contributed by atoms with Crippen LogP contribution in [0.25, 0.3) is 0 Å². The first-order valence-corrected chi connectivity index (χ1v) is 9.01. The van der Waals surface area contributed by atoms with E-state index in [4.69, 9.17) is 11.6 Å². The molecular weight excluding hydrogens is 379 g/mol. The summed E-state index contributed by atoms with van der Waals surface area (Å²) >= 11 is 6.22. The summed E-state index contributed by atoms with van der Waals surface area (Å²) in [6, 6.07) is 12.3. The lowest BCUT2D eigenvalue weighted by molar-refractivity contribution is -0.892. The van der Waals surface area contributed by atoms with Gasteiger partial charge < -0.3 is 15.1 Å². The zero-order valence-corrected chi connectivity index (χ0v) is 15.3. The highest BCUT2D eigenvalue weighted by atomic mass is 35.5. The number of anilines is 2. The van der Waals surface area contributed by atoms with E-state index in [9.17, 15) is 18.0 Å². The number of quaternary nitrogens is 1. The Morgan fingerprint density at radius 2 is 1.81 bits per heavy atom. The maximum absolute atomic E-state index is 12.8. The molecule has 1 heterocycles. The quantitative estimate of drug-likeness (QED) is 0.831. The van der Waals surface area contributed by atoms with Crippen molar-refractivity contribution in [1.29, 1.82) is 0 Å². The number of nitrogens with zero attached hydrogens (tertiary/aromatic N) is 1. The molecule has 0 saturated carbocycles. The molecule has 1 amide bonds. The second kappa shape index (κ2) is 8.19. The predicted octanol–water partition coefficient (Wildman–Crippen LogP) is 2.70. The Balaban J connectivity index is 1.52. The number of carbonyl (C=O) groups excluding carboxylic acids is 1. The Hall–Kier alpha value is -2.25. The van der Waals surface area contributed by atoms with Crippen molar-refractivity contribution in [3.05, 3.63) is 59.1 Å². The lowest BCUT2D eigenvalue weighted by atomic mass is 10.2. The highest BCUT2D eigenvalue weighted by Gasteiger charge is 2.30. The number of benzene rings is 2. The molecule has 27 heavy (non-hydrogen) atoms. The minimum atomic E-state index is -4.43. The average molecular weight is 399 g/mol. The van der Waals surface area contributed by atoms with E-state index in [0.717, 1.165) is 48.9 Å². The zero-order chi connectivity index (χ0) is 19.4. The van der Waals surface area contributed by atoms with Crippen molar-refractivity contribution >= 4 is 28.9 Å². The summed E-state index contributed by atoms with van der Waals surface area (Å²) in [5.41, 5.74) is 0.358. The van der Waals surface area contributed by atoms with Crippen LogP contribution in [0.3, 0.4) is 0 Å². The van der Waals surface area contributed by atoms with E-state index in [1.807, 2.05) is 24.3 Å². The largest absolute Gasteiger partial charge is 0.416 e. The number of piperazine rings is 1. The van der Waals surface area contributed by atoms with Gasteiger partial charge in [0, 0.05) is 5.69 Å². The lowest BCUT2D eigenvalue weighted by Gasteiger charge is -2.33. The fourth-order valence-electron chi connectivity index (χ4n) is 3.15. The van der Waals surface area contributed by atoms with E-state index in [0.29, 0.717) is 5.02 Å². The van der Waals surface area contributed by atoms with Crippen LogP contribution < -0.4 is 15.1 Å². The van der Waals surface area contributed by atoms with Crippen LogP contribution in [0, 0.1) is 0 Å². The summed E-state index contributed by atoms with van der Waals surface area (Å²) in [4.78, 5) is 15.5. The standard InChI is InChI=1S/C19H19ClF3N3O/c20-16-6-1-2-7-17(16)26-10-8-25(9-11-26)13-18(27)24-15-5-3-4-14(12-15)19(21,22)23/h1-7,12H,8-11,13H2,(H,24,27)/p+1. The molecule has 1 aliphatic rings. The van der Waals surface area contributed by atoms with Crippen molar-refractivity contribution in [1.82, 2.24) is 0 Å². The molecule has 0 aliphatic carbocycles. The molecule has 8 heteroatoms. The van der Waals surface area contributed by atoms with Crippen LogP contribution >= 0.6 is 11.6 Å². The summed E-state index contributed by atoms with van der Waals surface area (Å²) < 4.78 is 38.3. The van der Waals surface area contributed by atoms with Gasteiger partial charge in [-0.1, -0.05) is 29.8 Å². The first-order valence-electron chi connectivity index (χ1n) is 8.63. The van der Waals surface area contributed by atoms with Crippen molar-refractivity contribution < 1.29 is 22.9 Å². The highest BCUT2D eigenvalue weighted by Crippen LogP contribution is 2.30. The first-order chi connectivity index (χ1) is 12.8. The number of hydrogen-bond donors (Lipinski definition) is 2. The van der Waals surface area contributed by atoms with Gasteiger partial charge in [-0.15, -0.1) is 0 Å². The molecule has 0 radical (unpaired) electrons. The summed E-state index contributed by atoms with van der Waals surface area (Å²) in [7, 11) is 0. The summed E-state index contributed by atoms with van der Waals surface area (Å²) in [6.45, 7) is 3.24. The molecule has 0 bridgehead atoms. The van der Waals surface area contributed by atoms with Gasteiger partial charge in [-0.2, -0.15) is 13.2 Å². The summed E-state index contributed by atoms with van der Waals surface area (Å²) in [5, 5.41) is 3.26. The molecule has 1 fully saturated rings. The van der Waals surface area contributed by atoms with Crippen LogP contribution in [-0.4, -0.2) is 38.6 Å². The normalized spacial score (nSPS) is 15.6. The van der Waals surface area contributed by atoms with E-state index in [2.05, 4.69) is 10.2 Å². The molecule has 144 valence electrons. The number of rotatable bonds is 4. The smallest absolute Gasteiger partial charge is 0.359 e. The van der Waals surface area contributed by atoms with Gasteiger partial charge >= 0.3 is 6.18 Å². The third-order valence-corrected chi connectivity index (χ3v) is 4.87. The second-order valence-corrected chi connectivity index (χ2v) is 6.90. The number of hydrogen-bond acceptors (Lipinski definition) is 2. The Bertz CT molecular complexity index is 805. The van der Waals surface area contributed by atoms with E-state index in [1.165, 1.54) is 12.1 Å². The predicted molar refractivity (Wildman–Crippen MR) is 99.3 cm³/mol. The fraction of sp³-hybridized carbons (Fsp3) is 0.316. The van der Waals surface area contributed by atoms with Crippen LogP contribution in [0.1, 0.15) is 5.56 Å². The fourth-order valence-corrected chi connectivity index (χ4v) is 3.41. The minimum Gasteiger partial charge on any atom is -0.359 e. The van der Waals surface area contributed by atoms with Gasteiger partial charge in [0.2, 0.25) is 0 Å². The van der Waals surface area contributed by atoms with Crippen molar-refractivity contribution in [3.8, 4) is 0 Å². The van der Waals surface area contributed by atoms with E-state index < -0.39 is 11.7 Å². The summed E-state index contributed by atoms with van der Waals surface area (Å²) in [6.07, 6.45) is -4.43.